The smallest absolute Gasteiger partial charge is 0.387 e. The van der Waals surface area contributed by atoms with Crippen molar-refractivity contribution in [3.05, 3.63) is 0 Å². The molecule has 4 fully saturated rings. The molecule has 7 heteroatoms. The second kappa shape index (κ2) is 7.54. The summed E-state index contributed by atoms with van der Waals surface area (Å²) in [7, 11) is 0. The standard InChI is InChI=1S/C24H37F5O2/c1-13(19(30)20(25)26)16-6-7-17-15-5-4-14-12-23(31,24(27,28)29)11-10-21(14,2)18(15)8-9-22(16,17)3/h13-20,30-31H,4-12H2,1-3H3/t13-,14+,15-,16+,17-,18-,19-,21-,22+,23+/m0/s1. The van der Waals surface area contributed by atoms with Crippen molar-refractivity contribution in [1.29, 1.82) is 0 Å². The monoisotopic (exact) mass is 452 g/mol. The average molecular weight is 453 g/mol. The maximum Gasteiger partial charge on any atom is 0.417 e. The Morgan fingerprint density at radius 2 is 1.52 bits per heavy atom. The van der Waals surface area contributed by atoms with Gasteiger partial charge in [-0.15, -0.1) is 0 Å². The minimum atomic E-state index is -4.59. The van der Waals surface area contributed by atoms with Gasteiger partial charge < -0.3 is 10.2 Å². The molecule has 10 atom stereocenters. The highest BCUT2D eigenvalue weighted by molar-refractivity contribution is 5.12. The fourth-order valence-electron chi connectivity index (χ4n) is 8.87. The van der Waals surface area contributed by atoms with Gasteiger partial charge in [0, 0.05) is 0 Å². The lowest BCUT2D eigenvalue weighted by Gasteiger charge is -2.62. The molecule has 2 N–H and O–H groups in total. The van der Waals surface area contributed by atoms with E-state index in [4.69, 9.17) is 0 Å². The summed E-state index contributed by atoms with van der Waals surface area (Å²) in [5.74, 6) is 0.568. The number of rotatable bonds is 3. The van der Waals surface area contributed by atoms with Crippen LogP contribution in [0.4, 0.5) is 22.0 Å². The number of aliphatic hydroxyl groups excluding tert-OH is 1. The molecule has 0 unspecified atom stereocenters. The van der Waals surface area contributed by atoms with E-state index in [1.807, 2.05) is 0 Å². The van der Waals surface area contributed by atoms with E-state index in [0.717, 1.165) is 32.1 Å². The molecule has 0 amide bonds. The molecule has 4 rings (SSSR count). The molecule has 0 heterocycles. The third kappa shape index (κ3) is 3.46. The predicted molar refractivity (Wildman–Crippen MR) is 107 cm³/mol. The van der Waals surface area contributed by atoms with Gasteiger partial charge in [-0.25, -0.2) is 8.78 Å². The second-order valence-corrected chi connectivity index (χ2v) is 11.8. The normalized spacial score (nSPS) is 49.8. The van der Waals surface area contributed by atoms with Crippen LogP contribution >= 0.6 is 0 Å². The Hall–Kier alpha value is -0.430. The van der Waals surface area contributed by atoms with Crippen molar-refractivity contribution in [2.24, 2.45) is 46.3 Å². The van der Waals surface area contributed by atoms with Crippen LogP contribution in [0.1, 0.15) is 78.6 Å². The van der Waals surface area contributed by atoms with Crippen molar-refractivity contribution < 1.29 is 32.2 Å². The molecule has 4 aliphatic rings. The highest BCUT2D eigenvalue weighted by Crippen LogP contribution is 2.69. The van der Waals surface area contributed by atoms with Gasteiger partial charge in [-0.05, 0) is 104 Å². The molecule has 0 aromatic heterocycles. The summed E-state index contributed by atoms with van der Waals surface area (Å²) in [6, 6.07) is 0. The number of hydrogen-bond donors (Lipinski definition) is 2. The van der Waals surface area contributed by atoms with E-state index in [-0.39, 0.29) is 35.5 Å². The van der Waals surface area contributed by atoms with Crippen LogP contribution in [0, 0.1) is 46.3 Å². The van der Waals surface area contributed by atoms with Crippen LogP contribution < -0.4 is 0 Å². The molecule has 0 bridgehead atoms. The van der Waals surface area contributed by atoms with Gasteiger partial charge >= 0.3 is 6.18 Å². The molecule has 0 radical (unpaired) electrons. The Bertz CT molecular complexity index is 683. The fourth-order valence-corrected chi connectivity index (χ4v) is 8.87. The second-order valence-electron chi connectivity index (χ2n) is 11.8. The van der Waals surface area contributed by atoms with Crippen LogP contribution in [0.2, 0.25) is 0 Å². The SMILES string of the molecule is C[C@H]([C@H](O)C(F)F)[C@H]1CC[C@H]2[C@@H]3CC[C@@H]4C[C@@](O)(C(F)(F)F)CC[C@]4(C)[C@H]3CC[C@]12C. The average Bonchev–Trinajstić information content (AvgIpc) is 3.03. The lowest BCUT2D eigenvalue weighted by molar-refractivity contribution is -0.290. The molecular weight excluding hydrogens is 415 g/mol. The predicted octanol–water partition coefficient (Wildman–Crippen LogP) is 6.20. The van der Waals surface area contributed by atoms with Crippen molar-refractivity contribution in [2.75, 3.05) is 0 Å². The van der Waals surface area contributed by atoms with E-state index in [0.29, 0.717) is 30.6 Å². The van der Waals surface area contributed by atoms with E-state index in [1.54, 1.807) is 6.92 Å². The molecule has 0 spiro atoms. The van der Waals surface area contributed by atoms with Crippen molar-refractivity contribution in [3.8, 4) is 0 Å². The summed E-state index contributed by atoms with van der Waals surface area (Å²) in [5, 5.41) is 20.4. The van der Waals surface area contributed by atoms with Gasteiger partial charge in [-0.3, -0.25) is 0 Å². The fraction of sp³-hybridized carbons (Fsp3) is 1.00. The first-order valence-electron chi connectivity index (χ1n) is 12.0. The Kier molecular flexibility index (Phi) is 5.77. The zero-order chi connectivity index (χ0) is 23.0. The number of hydrogen-bond acceptors (Lipinski definition) is 2. The van der Waals surface area contributed by atoms with Crippen LogP contribution in [0.15, 0.2) is 0 Å². The quantitative estimate of drug-likeness (QED) is 0.501. The molecule has 0 aromatic rings. The molecular formula is C24H37F5O2. The summed E-state index contributed by atoms with van der Waals surface area (Å²) in [4.78, 5) is 0. The van der Waals surface area contributed by atoms with Gasteiger partial charge in [-0.1, -0.05) is 20.8 Å². The largest absolute Gasteiger partial charge is 0.417 e. The molecule has 0 aromatic carbocycles. The topological polar surface area (TPSA) is 40.5 Å². The summed E-state index contributed by atoms with van der Waals surface area (Å²) in [6.07, 6.45) is -3.83. The Morgan fingerprint density at radius 3 is 2.13 bits per heavy atom. The summed E-state index contributed by atoms with van der Waals surface area (Å²) < 4.78 is 66.8. The summed E-state index contributed by atoms with van der Waals surface area (Å²) in [5.41, 5.74) is -2.86. The van der Waals surface area contributed by atoms with Crippen LogP contribution in [0.3, 0.4) is 0 Å². The molecule has 180 valence electrons. The van der Waals surface area contributed by atoms with Gasteiger partial charge in [0.25, 0.3) is 6.43 Å². The number of aliphatic hydroxyl groups is 2. The lowest BCUT2D eigenvalue weighted by Crippen LogP contribution is -2.59. The zero-order valence-electron chi connectivity index (χ0n) is 18.8. The Morgan fingerprint density at radius 1 is 0.871 bits per heavy atom. The molecule has 0 saturated heterocycles. The van der Waals surface area contributed by atoms with Crippen LogP contribution in [-0.4, -0.2) is 34.5 Å². The van der Waals surface area contributed by atoms with E-state index in [2.05, 4.69) is 13.8 Å². The highest BCUT2D eigenvalue weighted by Gasteiger charge is 2.65. The maximum atomic E-state index is 13.5. The third-order valence-corrected chi connectivity index (χ3v) is 10.8. The zero-order valence-corrected chi connectivity index (χ0v) is 18.8. The van der Waals surface area contributed by atoms with Crippen molar-refractivity contribution in [3.63, 3.8) is 0 Å². The van der Waals surface area contributed by atoms with E-state index >= 15 is 0 Å². The number of halogens is 5. The first-order valence-corrected chi connectivity index (χ1v) is 12.0. The lowest BCUT2D eigenvalue weighted by atomic mass is 9.43. The number of fused-ring (bicyclic) bond motifs is 5. The highest BCUT2D eigenvalue weighted by atomic mass is 19.4. The minimum Gasteiger partial charge on any atom is -0.387 e. The van der Waals surface area contributed by atoms with Gasteiger partial charge in [0.15, 0.2) is 5.60 Å². The molecule has 4 aliphatic carbocycles. The van der Waals surface area contributed by atoms with Crippen LogP contribution in [-0.2, 0) is 0 Å². The third-order valence-electron chi connectivity index (χ3n) is 10.8. The van der Waals surface area contributed by atoms with Gasteiger partial charge in [0.1, 0.15) is 6.10 Å². The first-order chi connectivity index (χ1) is 14.2. The van der Waals surface area contributed by atoms with E-state index in [9.17, 15) is 32.2 Å². The van der Waals surface area contributed by atoms with Crippen molar-refractivity contribution >= 4 is 0 Å². The van der Waals surface area contributed by atoms with Gasteiger partial charge in [0.05, 0.1) is 0 Å². The minimum absolute atomic E-state index is 0.0506. The first kappa shape index (κ1) is 23.7. The Labute approximate surface area is 182 Å². The number of alkyl halides is 5. The summed E-state index contributed by atoms with van der Waals surface area (Å²) >= 11 is 0. The van der Waals surface area contributed by atoms with Crippen molar-refractivity contribution in [1.82, 2.24) is 0 Å². The molecule has 4 saturated carbocycles. The molecule has 31 heavy (non-hydrogen) atoms. The Balaban J connectivity index is 1.54. The van der Waals surface area contributed by atoms with Crippen LogP contribution in [0.25, 0.3) is 0 Å². The van der Waals surface area contributed by atoms with E-state index in [1.165, 1.54) is 0 Å². The summed E-state index contributed by atoms with van der Waals surface area (Å²) in [6.45, 7) is 6.10. The maximum absolute atomic E-state index is 13.5. The van der Waals surface area contributed by atoms with Crippen LogP contribution in [0.5, 0.6) is 0 Å². The molecule has 0 aliphatic heterocycles. The van der Waals surface area contributed by atoms with Gasteiger partial charge in [-0.2, -0.15) is 13.2 Å². The van der Waals surface area contributed by atoms with Crippen molar-refractivity contribution in [2.45, 2.75) is 103 Å². The molecule has 2 nitrogen and oxygen atoms in total. The van der Waals surface area contributed by atoms with E-state index < -0.39 is 30.2 Å². The van der Waals surface area contributed by atoms with Gasteiger partial charge in [0.2, 0.25) is 0 Å².